The van der Waals surface area contributed by atoms with Crippen molar-refractivity contribution in [1.82, 2.24) is 20.3 Å². The minimum atomic E-state index is -0.515. The van der Waals surface area contributed by atoms with E-state index in [2.05, 4.69) is 25.6 Å². The van der Waals surface area contributed by atoms with E-state index < -0.39 is 5.82 Å². The summed E-state index contributed by atoms with van der Waals surface area (Å²) in [5.41, 5.74) is 1.89. The van der Waals surface area contributed by atoms with Crippen LogP contribution in [0, 0.1) is 5.82 Å². The molecule has 2 aromatic carbocycles. The number of aromatic nitrogens is 3. The van der Waals surface area contributed by atoms with Crippen LogP contribution in [0.25, 0.3) is 11.4 Å². The van der Waals surface area contributed by atoms with E-state index in [1.54, 1.807) is 12.3 Å². The van der Waals surface area contributed by atoms with E-state index in [0.717, 1.165) is 18.4 Å². The first kappa shape index (κ1) is 25.6. The van der Waals surface area contributed by atoms with Gasteiger partial charge in [-0.05, 0) is 42.7 Å². The highest BCUT2D eigenvalue weighted by molar-refractivity contribution is 6.30. The second-order valence-corrected chi connectivity index (χ2v) is 9.15. The molecular formula is C28H25ClFN5O3. The molecule has 0 spiro atoms. The molecule has 38 heavy (non-hydrogen) atoms. The first-order chi connectivity index (χ1) is 18.6. The van der Waals surface area contributed by atoms with Crippen molar-refractivity contribution in [2.45, 2.75) is 25.5 Å². The van der Waals surface area contributed by atoms with E-state index in [1.807, 2.05) is 30.3 Å². The molecule has 3 heterocycles. The Morgan fingerprint density at radius 1 is 1.11 bits per heavy atom. The molecule has 10 heteroatoms. The van der Waals surface area contributed by atoms with E-state index >= 15 is 0 Å². The second-order valence-electron chi connectivity index (χ2n) is 8.71. The molecule has 1 aliphatic heterocycles. The van der Waals surface area contributed by atoms with Gasteiger partial charge in [0.1, 0.15) is 12.4 Å². The van der Waals surface area contributed by atoms with Crippen LogP contribution in [-0.4, -0.2) is 40.1 Å². The van der Waals surface area contributed by atoms with E-state index in [-0.39, 0.29) is 35.8 Å². The molecule has 0 aliphatic carbocycles. The van der Waals surface area contributed by atoms with Crippen LogP contribution in [0.15, 0.2) is 73.2 Å². The van der Waals surface area contributed by atoms with Crippen molar-refractivity contribution in [3.63, 3.8) is 0 Å². The quantitative estimate of drug-likeness (QED) is 0.306. The summed E-state index contributed by atoms with van der Waals surface area (Å²) in [5, 5.41) is 6.58. The van der Waals surface area contributed by atoms with Crippen molar-refractivity contribution in [1.29, 1.82) is 0 Å². The zero-order valence-corrected chi connectivity index (χ0v) is 21.1. The lowest BCUT2D eigenvalue weighted by molar-refractivity contribution is 0.0696. The summed E-state index contributed by atoms with van der Waals surface area (Å²) in [7, 11) is 0. The second kappa shape index (κ2) is 12.0. The predicted octanol–water partition coefficient (Wildman–Crippen LogP) is 5.56. The Bertz CT molecular complexity index is 1420. The normalized spacial score (nSPS) is 13.6. The van der Waals surface area contributed by atoms with Crippen molar-refractivity contribution in [3.8, 4) is 17.1 Å². The SMILES string of the molecule is O=C(NC1CCOCC1)c1cnccc1Nc1nc(-c2cc(Cl)ccc2F)ncc1OCc1ccccc1. The summed E-state index contributed by atoms with van der Waals surface area (Å²) in [6, 6.07) is 15.5. The fourth-order valence-corrected chi connectivity index (χ4v) is 4.19. The molecular weight excluding hydrogens is 509 g/mol. The highest BCUT2D eigenvalue weighted by Crippen LogP contribution is 2.31. The minimum absolute atomic E-state index is 0.0190. The fraction of sp³-hybridized carbons (Fsp3) is 0.214. The number of carbonyl (C=O) groups is 1. The first-order valence-corrected chi connectivity index (χ1v) is 12.5. The summed E-state index contributed by atoms with van der Waals surface area (Å²) >= 11 is 6.10. The molecule has 1 aliphatic rings. The smallest absolute Gasteiger partial charge is 0.255 e. The molecule has 194 valence electrons. The molecule has 0 saturated carbocycles. The van der Waals surface area contributed by atoms with E-state index in [1.165, 1.54) is 30.6 Å². The monoisotopic (exact) mass is 533 g/mol. The standard InChI is InChI=1S/C28H25ClFN5O3/c29-19-6-7-23(30)21(14-19)26-32-16-25(38-17-18-4-2-1-3-5-18)27(35-26)34-24-8-11-31-15-22(24)28(36)33-20-9-12-37-13-10-20/h1-8,11,14-16,20H,9-10,12-13,17H2,(H,33,36)(H,31,32,34,35). The third-order valence-corrected chi connectivity index (χ3v) is 6.27. The van der Waals surface area contributed by atoms with E-state index in [9.17, 15) is 9.18 Å². The fourth-order valence-electron chi connectivity index (χ4n) is 4.02. The number of halogens is 2. The van der Waals surface area contributed by atoms with Gasteiger partial charge in [0.05, 0.1) is 23.0 Å². The van der Waals surface area contributed by atoms with Gasteiger partial charge in [-0.1, -0.05) is 41.9 Å². The minimum Gasteiger partial charge on any atom is -0.483 e. The first-order valence-electron chi connectivity index (χ1n) is 12.2. The number of nitrogens with one attached hydrogen (secondary N) is 2. The van der Waals surface area contributed by atoms with Crippen molar-refractivity contribution < 1.29 is 18.7 Å². The van der Waals surface area contributed by atoms with Gasteiger partial charge in [0.2, 0.25) is 0 Å². The summed E-state index contributed by atoms with van der Waals surface area (Å²) in [5.74, 6) is -0.0840. The van der Waals surface area contributed by atoms with Gasteiger partial charge in [-0.15, -0.1) is 0 Å². The number of hydrogen-bond donors (Lipinski definition) is 2. The largest absolute Gasteiger partial charge is 0.483 e. The molecule has 0 atom stereocenters. The Labute approximate surface area is 224 Å². The average Bonchev–Trinajstić information content (AvgIpc) is 2.95. The molecule has 8 nitrogen and oxygen atoms in total. The van der Waals surface area contributed by atoms with Gasteiger partial charge < -0.3 is 20.1 Å². The Hall–Kier alpha value is -4.08. The van der Waals surface area contributed by atoms with Crippen LogP contribution in [0.5, 0.6) is 5.75 Å². The zero-order chi connectivity index (χ0) is 26.3. The molecule has 0 bridgehead atoms. The van der Waals surface area contributed by atoms with Crippen molar-refractivity contribution in [2.24, 2.45) is 0 Å². The topological polar surface area (TPSA) is 98.3 Å². The predicted molar refractivity (Wildman–Crippen MR) is 142 cm³/mol. The van der Waals surface area contributed by atoms with Crippen molar-refractivity contribution >= 4 is 29.0 Å². The lowest BCUT2D eigenvalue weighted by atomic mass is 10.1. The number of pyridine rings is 1. The van der Waals surface area contributed by atoms with Crippen molar-refractivity contribution in [2.75, 3.05) is 18.5 Å². The number of benzene rings is 2. The molecule has 0 radical (unpaired) electrons. The Kier molecular flexibility index (Phi) is 8.06. The average molecular weight is 534 g/mol. The number of nitrogens with zero attached hydrogens (tertiary/aromatic N) is 3. The third-order valence-electron chi connectivity index (χ3n) is 6.04. The van der Waals surface area contributed by atoms with Gasteiger partial charge in [-0.25, -0.2) is 14.4 Å². The number of anilines is 2. The molecule has 2 aromatic heterocycles. The van der Waals surface area contributed by atoms with Gasteiger partial charge in [0.25, 0.3) is 5.91 Å². The molecule has 1 saturated heterocycles. The highest BCUT2D eigenvalue weighted by atomic mass is 35.5. The Balaban J connectivity index is 1.47. The lowest BCUT2D eigenvalue weighted by Crippen LogP contribution is -2.39. The summed E-state index contributed by atoms with van der Waals surface area (Å²) in [6.45, 7) is 1.47. The van der Waals surface area contributed by atoms with Crippen LogP contribution >= 0.6 is 11.6 Å². The maximum absolute atomic E-state index is 14.6. The van der Waals surface area contributed by atoms with Crippen molar-refractivity contribution in [3.05, 3.63) is 95.2 Å². The van der Waals surface area contributed by atoms with E-state index in [0.29, 0.717) is 35.2 Å². The lowest BCUT2D eigenvalue weighted by Gasteiger charge is -2.23. The maximum atomic E-state index is 14.6. The Morgan fingerprint density at radius 3 is 2.74 bits per heavy atom. The zero-order valence-electron chi connectivity index (χ0n) is 20.4. The third kappa shape index (κ3) is 6.24. The van der Waals surface area contributed by atoms with Gasteiger partial charge in [-0.3, -0.25) is 9.78 Å². The molecule has 4 aromatic rings. The number of ether oxygens (including phenoxy) is 2. The Morgan fingerprint density at radius 2 is 1.92 bits per heavy atom. The molecule has 0 unspecified atom stereocenters. The van der Waals surface area contributed by atoms with Crippen LogP contribution in [-0.2, 0) is 11.3 Å². The number of amides is 1. The van der Waals surface area contributed by atoms with Crippen LogP contribution in [0.1, 0.15) is 28.8 Å². The van der Waals surface area contributed by atoms with Gasteiger partial charge in [0.15, 0.2) is 17.4 Å². The molecule has 1 fully saturated rings. The highest BCUT2D eigenvalue weighted by Gasteiger charge is 2.21. The van der Waals surface area contributed by atoms with Gasteiger partial charge >= 0.3 is 0 Å². The molecule has 1 amide bonds. The van der Waals surface area contributed by atoms with Crippen LogP contribution in [0.4, 0.5) is 15.9 Å². The van der Waals surface area contributed by atoms with Crippen LogP contribution in [0.2, 0.25) is 5.02 Å². The van der Waals surface area contributed by atoms with Crippen LogP contribution in [0.3, 0.4) is 0 Å². The molecule has 5 rings (SSSR count). The maximum Gasteiger partial charge on any atom is 0.255 e. The number of rotatable bonds is 8. The summed E-state index contributed by atoms with van der Waals surface area (Å²) < 4.78 is 26.0. The number of hydrogen-bond acceptors (Lipinski definition) is 7. The summed E-state index contributed by atoms with van der Waals surface area (Å²) in [4.78, 5) is 26.1. The van der Waals surface area contributed by atoms with Crippen LogP contribution < -0.4 is 15.4 Å². The number of carbonyl (C=O) groups excluding carboxylic acids is 1. The van der Waals surface area contributed by atoms with E-state index in [4.69, 9.17) is 21.1 Å². The van der Waals surface area contributed by atoms with Gasteiger partial charge in [-0.2, -0.15) is 0 Å². The van der Waals surface area contributed by atoms with Gasteiger partial charge in [0, 0.05) is 36.7 Å². The molecule has 2 N–H and O–H groups in total. The summed E-state index contributed by atoms with van der Waals surface area (Å²) in [6.07, 6.45) is 6.01.